The standard InChI is InChI=1S/C17H17BrFNO/c18-14-8-11-5-6-21-17(11)12(9-14)7-13(10-20)15-3-1-2-4-16(15)19/h1-4,8-9,13H,5-7,10,20H2. The van der Waals surface area contributed by atoms with Crippen molar-refractivity contribution < 1.29 is 9.13 Å². The van der Waals surface area contributed by atoms with Gasteiger partial charge < -0.3 is 10.5 Å². The minimum absolute atomic E-state index is 0.0474. The summed E-state index contributed by atoms with van der Waals surface area (Å²) in [6.45, 7) is 1.12. The van der Waals surface area contributed by atoms with E-state index < -0.39 is 0 Å². The number of fused-ring (bicyclic) bond motifs is 1. The van der Waals surface area contributed by atoms with Crippen LogP contribution in [0.5, 0.6) is 5.75 Å². The zero-order valence-corrected chi connectivity index (χ0v) is 13.2. The topological polar surface area (TPSA) is 35.2 Å². The van der Waals surface area contributed by atoms with Gasteiger partial charge >= 0.3 is 0 Å². The molecule has 1 aliphatic rings. The van der Waals surface area contributed by atoms with Crippen molar-refractivity contribution in [2.24, 2.45) is 5.73 Å². The molecule has 2 N–H and O–H groups in total. The lowest BCUT2D eigenvalue weighted by atomic mass is 9.90. The first-order valence-electron chi connectivity index (χ1n) is 7.07. The van der Waals surface area contributed by atoms with Crippen molar-refractivity contribution in [1.82, 2.24) is 0 Å². The summed E-state index contributed by atoms with van der Waals surface area (Å²) in [5.74, 6) is 0.710. The molecule has 2 aromatic carbocycles. The van der Waals surface area contributed by atoms with Gasteiger partial charge in [-0.2, -0.15) is 0 Å². The highest BCUT2D eigenvalue weighted by Gasteiger charge is 2.21. The largest absolute Gasteiger partial charge is 0.493 e. The fraction of sp³-hybridized carbons (Fsp3) is 0.294. The third-order valence-electron chi connectivity index (χ3n) is 3.92. The zero-order valence-electron chi connectivity index (χ0n) is 11.6. The van der Waals surface area contributed by atoms with Gasteiger partial charge in [-0.25, -0.2) is 4.39 Å². The SMILES string of the molecule is NCC(Cc1cc(Br)cc2c1OCC2)c1ccccc1F. The molecule has 0 aliphatic carbocycles. The normalized spacial score (nSPS) is 14.6. The number of hydrogen-bond donors (Lipinski definition) is 1. The van der Waals surface area contributed by atoms with Crippen LogP contribution in [0.3, 0.4) is 0 Å². The molecule has 0 fully saturated rings. The molecule has 3 rings (SSSR count). The molecular formula is C17H17BrFNO. The predicted octanol–water partition coefficient (Wildman–Crippen LogP) is 3.81. The summed E-state index contributed by atoms with van der Waals surface area (Å²) in [7, 11) is 0. The average molecular weight is 350 g/mol. The van der Waals surface area contributed by atoms with E-state index in [1.807, 2.05) is 18.2 Å². The van der Waals surface area contributed by atoms with Crippen molar-refractivity contribution in [2.75, 3.05) is 13.2 Å². The van der Waals surface area contributed by atoms with E-state index in [1.165, 1.54) is 11.6 Å². The fourth-order valence-electron chi connectivity index (χ4n) is 2.89. The Hall–Kier alpha value is -1.39. The van der Waals surface area contributed by atoms with Gasteiger partial charge in [0.05, 0.1) is 6.61 Å². The molecule has 2 nitrogen and oxygen atoms in total. The third-order valence-corrected chi connectivity index (χ3v) is 4.38. The highest BCUT2D eigenvalue weighted by molar-refractivity contribution is 9.10. The maximum absolute atomic E-state index is 14.0. The van der Waals surface area contributed by atoms with Gasteiger partial charge in [0.1, 0.15) is 11.6 Å². The molecule has 4 heteroatoms. The maximum Gasteiger partial charge on any atom is 0.126 e. The molecule has 1 aliphatic heterocycles. The Bertz CT molecular complexity index is 659. The molecule has 110 valence electrons. The van der Waals surface area contributed by atoms with E-state index in [0.717, 1.165) is 22.2 Å². The molecule has 0 saturated carbocycles. The van der Waals surface area contributed by atoms with Gasteiger partial charge in [0.15, 0.2) is 0 Å². The number of halogens is 2. The Labute approximate surface area is 132 Å². The third kappa shape index (κ3) is 2.97. The summed E-state index contributed by atoms with van der Waals surface area (Å²) in [4.78, 5) is 0. The molecule has 0 saturated heterocycles. The summed E-state index contributed by atoms with van der Waals surface area (Å²) in [6.07, 6.45) is 1.61. The smallest absolute Gasteiger partial charge is 0.126 e. The molecule has 0 spiro atoms. The number of benzene rings is 2. The lowest BCUT2D eigenvalue weighted by Crippen LogP contribution is -2.16. The van der Waals surface area contributed by atoms with E-state index in [4.69, 9.17) is 10.5 Å². The van der Waals surface area contributed by atoms with Crippen LogP contribution in [0.1, 0.15) is 22.6 Å². The van der Waals surface area contributed by atoms with Crippen molar-refractivity contribution in [3.8, 4) is 5.75 Å². The van der Waals surface area contributed by atoms with E-state index in [0.29, 0.717) is 25.1 Å². The molecule has 0 bridgehead atoms. The van der Waals surface area contributed by atoms with Crippen LogP contribution in [0.15, 0.2) is 40.9 Å². The van der Waals surface area contributed by atoms with Crippen LogP contribution in [-0.4, -0.2) is 13.2 Å². The van der Waals surface area contributed by atoms with Gasteiger partial charge in [0.2, 0.25) is 0 Å². The van der Waals surface area contributed by atoms with E-state index in [1.54, 1.807) is 6.07 Å². The van der Waals surface area contributed by atoms with Crippen LogP contribution in [-0.2, 0) is 12.8 Å². The van der Waals surface area contributed by atoms with Gasteiger partial charge in [-0.15, -0.1) is 0 Å². The minimum Gasteiger partial charge on any atom is -0.493 e. The quantitative estimate of drug-likeness (QED) is 0.910. The summed E-state index contributed by atoms with van der Waals surface area (Å²) < 4.78 is 20.8. The Kier molecular flexibility index (Phi) is 4.27. The summed E-state index contributed by atoms with van der Waals surface area (Å²) in [5.41, 5.74) is 8.86. The summed E-state index contributed by atoms with van der Waals surface area (Å²) in [6, 6.07) is 11.0. The van der Waals surface area contributed by atoms with Gasteiger partial charge in [0, 0.05) is 16.8 Å². The number of rotatable bonds is 4. The highest BCUT2D eigenvalue weighted by Crippen LogP contribution is 2.36. The summed E-state index contributed by atoms with van der Waals surface area (Å²) >= 11 is 3.54. The van der Waals surface area contributed by atoms with E-state index in [2.05, 4.69) is 22.0 Å². The average Bonchev–Trinajstić information content (AvgIpc) is 2.93. The van der Waals surface area contributed by atoms with Crippen LogP contribution in [0.2, 0.25) is 0 Å². The number of hydrogen-bond acceptors (Lipinski definition) is 2. The second-order valence-corrected chi connectivity index (χ2v) is 6.23. The second-order valence-electron chi connectivity index (χ2n) is 5.31. The van der Waals surface area contributed by atoms with E-state index >= 15 is 0 Å². The Morgan fingerprint density at radius 2 is 2.10 bits per heavy atom. The number of ether oxygens (including phenoxy) is 1. The zero-order chi connectivity index (χ0) is 14.8. The van der Waals surface area contributed by atoms with Crippen molar-refractivity contribution >= 4 is 15.9 Å². The van der Waals surface area contributed by atoms with E-state index in [9.17, 15) is 4.39 Å². The molecule has 0 amide bonds. The number of nitrogens with two attached hydrogens (primary N) is 1. The van der Waals surface area contributed by atoms with Crippen LogP contribution in [0.4, 0.5) is 4.39 Å². The van der Waals surface area contributed by atoms with E-state index in [-0.39, 0.29) is 11.7 Å². The molecule has 1 heterocycles. The van der Waals surface area contributed by atoms with Crippen molar-refractivity contribution in [3.63, 3.8) is 0 Å². The van der Waals surface area contributed by atoms with Gasteiger partial charge in [-0.3, -0.25) is 0 Å². The van der Waals surface area contributed by atoms with Crippen molar-refractivity contribution in [1.29, 1.82) is 0 Å². The summed E-state index contributed by atoms with van der Waals surface area (Å²) in [5, 5.41) is 0. The van der Waals surface area contributed by atoms with Crippen LogP contribution >= 0.6 is 15.9 Å². The Morgan fingerprint density at radius 3 is 2.86 bits per heavy atom. The molecule has 1 atom stereocenters. The second kappa shape index (κ2) is 6.16. The Morgan fingerprint density at radius 1 is 1.29 bits per heavy atom. The van der Waals surface area contributed by atoms with Crippen molar-refractivity contribution in [3.05, 3.63) is 63.4 Å². The van der Waals surface area contributed by atoms with Crippen LogP contribution < -0.4 is 10.5 Å². The Balaban J connectivity index is 1.94. The first-order chi connectivity index (χ1) is 10.2. The highest BCUT2D eigenvalue weighted by atomic mass is 79.9. The molecule has 2 aromatic rings. The lowest BCUT2D eigenvalue weighted by Gasteiger charge is -2.18. The van der Waals surface area contributed by atoms with Crippen LogP contribution in [0, 0.1) is 5.82 Å². The first kappa shape index (κ1) is 14.5. The van der Waals surface area contributed by atoms with Gasteiger partial charge in [0.25, 0.3) is 0 Å². The maximum atomic E-state index is 14.0. The van der Waals surface area contributed by atoms with Gasteiger partial charge in [-0.05, 0) is 47.9 Å². The first-order valence-corrected chi connectivity index (χ1v) is 7.87. The molecule has 21 heavy (non-hydrogen) atoms. The minimum atomic E-state index is -0.194. The predicted molar refractivity (Wildman–Crippen MR) is 85.2 cm³/mol. The van der Waals surface area contributed by atoms with Gasteiger partial charge in [-0.1, -0.05) is 34.1 Å². The van der Waals surface area contributed by atoms with Crippen LogP contribution in [0.25, 0.3) is 0 Å². The molecule has 0 aromatic heterocycles. The lowest BCUT2D eigenvalue weighted by molar-refractivity contribution is 0.352. The molecule has 0 radical (unpaired) electrons. The fourth-order valence-corrected chi connectivity index (χ4v) is 3.44. The molecular weight excluding hydrogens is 333 g/mol. The van der Waals surface area contributed by atoms with Crippen molar-refractivity contribution in [2.45, 2.75) is 18.8 Å². The monoisotopic (exact) mass is 349 g/mol. The molecule has 1 unspecified atom stereocenters.